The van der Waals surface area contributed by atoms with Crippen LogP contribution in [0.15, 0.2) is 42.6 Å². The van der Waals surface area contributed by atoms with Gasteiger partial charge in [0.25, 0.3) is 11.8 Å². The van der Waals surface area contributed by atoms with E-state index >= 15 is 0 Å². The molecule has 1 aromatic heterocycles. The van der Waals surface area contributed by atoms with Gasteiger partial charge < -0.3 is 19.7 Å². The number of likely N-dealkylation sites (N-methyl/N-ethyl adjacent to an activating group) is 1. The van der Waals surface area contributed by atoms with Crippen LogP contribution in [0, 0.1) is 5.82 Å². The number of hydrogen-bond acceptors (Lipinski definition) is 3. The highest BCUT2D eigenvalue weighted by Gasteiger charge is 2.27. The number of aromatic nitrogens is 1. The lowest BCUT2D eigenvalue weighted by Crippen LogP contribution is -2.51. The molecule has 1 N–H and O–H groups in total. The largest absolute Gasteiger partial charge is 0.358 e. The summed E-state index contributed by atoms with van der Waals surface area (Å²) in [6.45, 7) is 1.68. The molecular formula is C19H21FN4O3. The monoisotopic (exact) mass is 372 g/mol. The summed E-state index contributed by atoms with van der Waals surface area (Å²) in [5.41, 5.74) is 0.868. The van der Waals surface area contributed by atoms with Gasteiger partial charge in [-0.05, 0) is 36.4 Å². The van der Waals surface area contributed by atoms with E-state index in [-0.39, 0.29) is 30.1 Å². The molecule has 1 aromatic carbocycles. The molecule has 27 heavy (non-hydrogen) atoms. The van der Waals surface area contributed by atoms with Crippen LogP contribution < -0.4 is 5.32 Å². The zero-order valence-electron chi connectivity index (χ0n) is 15.0. The SMILES string of the molecule is CNC(=O)Cn1cccc1C(=O)N1CCN(C(=O)c2ccc(F)cc2)CC1. The highest BCUT2D eigenvalue weighted by molar-refractivity contribution is 5.95. The van der Waals surface area contributed by atoms with Gasteiger partial charge in [0, 0.05) is 45.0 Å². The van der Waals surface area contributed by atoms with Crippen molar-refractivity contribution < 1.29 is 18.8 Å². The van der Waals surface area contributed by atoms with E-state index in [1.54, 1.807) is 39.7 Å². The number of carbonyl (C=O) groups excluding carboxylic acids is 3. The van der Waals surface area contributed by atoms with Crippen LogP contribution in [0.2, 0.25) is 0 Å². The van der Waals surface area contributed by atoms with Crippen LogP contribution in [0.25, 0.3) is 0 Å². The third-order valence-corrected chi connectivity index (χ3v) is 4.59. The van der Waals surface area contributed by atoms with Crippen LogP contribution in [0.4, 0.5) is 4.39 Å². The third kappa shape index (κ3) is 4.16. The van der Waals surface area contributed by atoms with Gasteiger partial charge >= 0.3 is 0 Å². The van der Waals surface area contributed by atoms with Gasteiger partial charge in [0.05, 0.1) is 0 Å². The van der Waals surface area contributed by atoms with Gasteiger partial charge in [0.15, 0.2) is 0 Å². The number of benzene rings is 1. The third-order valence-electron chi connectivity index (χ3n) is 4.59. The topological polar surface area (TPSA) is 74.7 Å². The van der Waals surface area contributed by atoms with Crippen LogP contribution in [0.5, 0.6) is 0 Å². The van der Waals surface area contributed by atoms with E-state index in [1.165, 1.54) is 24.3 Å². The van der Waals surface area contributed by atoms with Gasteiger partial charge in [-0.15, -0.1) is 0 Å². The van der Waals surface area contributed by atoms with Crippen LogP contribution in [-0.4, -0.2) is 65.3 Å². The maximum absolute atomic E-state index is 13.0. The highest BCUT2D eigenvalue weighted by Crippen LogP contribution is 2.13. The highest BCUT2D eigenvalue weighted by atomic mass is 19.1. The first-order valence-corrected chi connectivity index (χ1v) is 8.69. The van der Waals surface area contributed by atoms with Crippen LogP contribution in [0.1, 0.15) is 20.8 Å². The Labute approximate surface area is 156 Å². The van der Waals surface area contributed by atoms with Crippen molar-refractivity contribution in [3.8, 4) is 0 Å². The van der Waals surface area contributed by atoms with E-state index in [4.69, 9.17) is 0 Å². The maximum atomic E-state index is 13.0. The Morgan fingerprint density at radius 1 is 0.963 bits per heavy atom. The van der Waals surface area contributed by atoms with E-state index in [9.17, 15) is 18.8 Å². The molecule has 1 saturated heterocycles. The Hall–Kier alpha value is -3.16. The molecule has 1 aliphatic heterocycles. The maximum Gasteiger partial charge on any atom is 0.270 e. The lowest BCUT2D eigenvalue weighted by atomic mass is 10.1. The first kappa shape index (κ1) is 18.6. The van der Waals surface area contributed by atoms with Crippen molar-refractivity contribution >= 4 is 17.7 Å². The minimum atomic E-state index is -0.387. The molecule has 142 valence electrons. The summed E-state index contributed by atoms with van der Waals surface area (Å²) < 4.78 is 14.6. The summed E-state index contributed by atoms with van der Waals surface area (Å²) in [7, 11) is 1.55. The second kappa shape index (κ2) is 8.03. The number of hydrogen-bond donors (Lipinski definition) is 1. The van der Waals surface area contributed by atoms with Gasteiger partial charge in [-0.2, -0.15) is 0 Å². The second-order valence-electron chi connectivity index (χ2n) is 6.29. The summed E-state index contributed by atoms with van der Waals surface area (Å²) in [6, 6.07) is 8.84. The fourth-order valence-electron chi connectivity index (χ4n) is 3.03. The van der Waals surface area contributed by atoms with Crippen molar-refractivity contribution in [1.82, 2.24) is 19.7 Å². The summed E-state index contributed by atoms with van der Waals surface area (Å²) >= 11 is 0. The van der Waals surface area contributed by atoms with Crippen LogP contribution in [-0.2, 0) is 11.3 Å². The summed E-state index contributed by atoms with van der Waals surface area (Å²) in [6.07, 6.45) is 1.69. The quantitative estimate of drug-likeness (QED) is 0.869. The molecule has 8 heteroatoms. The number of piperazine rings is 1. The number of nitrogens with zero attached hydrogens (tertiary/aromatic N) is 3. The molecule has 3 rings (SSSR count). The number of halogens is 1. The molecule has 7 nitrogen and oxygen atoms in total. The molecule has 2 aromatic rings. The van der Waals surface area contributed by atoms with Crippen molar-refractivity contribution in [3.05, 3.63) is 59.7 Å². The second-order valence-corrected chi connectivity index (χ2v) is 6.29. The summed E-state index contributed by atoms with van der Waals surface area (Å²) in [5, 5.41) is 2.53. The zero-order valence-corrected chi connectivity index (χ0v) is 15.0. The molecule has 1 aliphatic rings. The van der Waals surface area contributed by atoms with Gasteiger partial charge in [-0.1, -0.05) is 0 Å². The van der Waals surface area contributed by atoms with E-state index in [0.29, 0.717) is 37.4 Å². The number of nitrogens with one attached hydrogen (secondary N) is 1. The fraction of sp³-hybridized carbons (Fsp3) is 0.316. The van der Waals surface area contributed by atoms with Crippen molar-refractivity contribution in [3.63, 3.8) is 0 Å². The summed E-state index contributed by atoms with van der Waals surface area (Å²) in [4.78, 5) is 40.1. The molecule has 1 fully saturated rings. The number of amides is 3. The minimum Gasteiger partial charge on any atom is -0.358 e. The van der Waals surface area contributed by atoms with E-state index in [1.807, 2.05) is 0 Å². The Kier molecular flexibility index (Phi) is 5.54. The lowest BCUT2D eigenvalue weighted by Gasteiger charge is -2.35. The minimum absolute atomic E-state index is 0.0770. The molecule has 0 saturated carbocycles. The molecule has 0 aliphatic carbocycles. The molecule has 0 spiro atoms. The van der Waals surface area contributed by atoms with Crippen LogP contribution in [0.3, 0.4) is 0 Å². The lowest BCUT2D eigenvalue weighted by molar-refractivity contribution is -0.121. The molecule has 0 atom stereocenters. The average molecular weight is 372 g/mol. The van der Waals surface area contributed by atoms with Gasteiger partial charge in [0.1, 0.15) is 18.1 Å². The van der Waals surface area contributed by atoms with Crippen molar-refractivity contribution in [2.24, 2.45) is 0 Å². The molecular weight excluding hydrogens is 351 g/mol. The van der Waals surface area contributed by atoms with E-state index < -0.39 is 0 Å². The average Bonchev–Trinajstić information content (AvgIpc) is 3.15. The Balaban J connectivity index is 1.61. The van der Waals surface area contributed by atoms with Crippen molar-refractivity contribution in [2.45, 2.75) is 6.54 Å². The Bertz CT molecular complexity index is 839. The van der Waals surface area contributed by atoms with E-state index in [0.717, 1.165) is 0 Å². The molecule has 3 amide bonds. The van der Waals surface area contributed by atoms with Crippen molar-refractivity contribution in [2.75, 3.05) is 33.2 Å². The van der Waals surface area contributed by atoms with Gasteiger partial charge in [-0.25, -0.2) is 4.39 Å². The van der Waals surface area contributed by atoms with E-state index in [2.05, 4.69) is 5.32 Å². The zero-order chi connectivity index (χ0) is 19.4. The number of rotatable bonds is 4. The molecule has 0 unspecified atom stereocenters. The smallest absolute Gasteiger partial charge is 0.270 e. The fourth-order valence-corrected chi connectivity index (χ4v) is 3.03. The molecule has 0 radical (unpaired) electrons. The summed E-state index contributed by atoms with van der Waals surface area (Å²) in [5.74, 6) is -0.917. The first-order valence-electron chi connectivity index (χ1n) is 8.69. The first-order chi connectivity index (χ1) is 13.0. The van der Waals surface area contributed by atoms with Gasteiger partial charge in [0.2, 0.25) is 5.91 Å². The number of carbonyl (C=O) groups is 3. The predicted octanol–water partition coefficient (Wildman–Crippen LogP) is 0.971. The predicted molar refractivity (Wildman–Crippen MR) is 96.7 cm³/mol. The normalized spacial score (nSPS) is 14.1. The molecule has 0 bridgehead atoms. The Morgan fingerprint density at radius 3 is 2.15 bits per heavy atom. The molecule has 2 heterocycles. The standard InChI is InChI=1S/C19H21FN4O3/c1-21-17(25)13-24-8-2-3-16(24)19(27)23-11-9-22(10-12-23)18(26)14-4-6-15(20)7-5-14/h2-8H,9-13H2,1H3,(H,21,25). The van der Waals surface area contributed by atoms with Crippen LogP contribution >= 0.6 is 0 Å². The van der Waals surface area contributed by atoms with Gasteiger partial charge in [-0.3, -0.25) is 14.4 Å². The van der Waals surface area contributed by atoms with Crippen molar-refractivity contribution in [1.29, 1.82) is 0 Å². The Morgan fingerprint density at radius 2 is 1.56 bits per heavy atom.